The highest BCUT2D eigenvalue weighted by Crippen LogP contribution is 2.35. The Kier molecular flexibility index (Phi) is 6.85. The van der Waals surface area contributed by atoms with E-state index in [1.165, 1.54) is 10.2 Å². The number of halogens is 1. The molecule has 0 saturated carbocycles. The van der Waals surface area contributed by atoms with Gasteiger partial charge in [-0.3, -0.25) is 14.5 Å². The number of imide groups is 1. The number of amides is 2. The van der Waals surface area contributed by atoms with Gasteiger partial charge in [-0.05, 0) is 55.1 Å². The smallest absolute Gasteiger partial charge is 0.293 e. The normalized spacial score (nSPS) is 15.2. The molecule has 2 heterocycles. The molecule has 0 radical (unpaired) electrons. The van der Waals surface area contributed by atoms with Crippen LogP contribution in [0.5, 0.6) is 5.75 Å². The molecule has 2 amide bonds. The van der Waals surface area contributed by atoms with Crippen molar-refractivity contribution in [1.82, 2.24) is 8.87 Å². The number of fused-ring (bicyclic) bond motifs is 1. The van der Waals surface area contributed by atoms with Crippen LogP contribution < -0.4 is 4.74 Å². The number of ether oxygens (including phenoxy) is 1. The zero-order valence-electron chi connectivity index (χ0n) is 19.6. The lowest BCUT2D eigenvalue weighted by molar-refractivity contribution is -0.123. The molecule has 0 N–H and O–H groups in total. The van der Waals surface area contributed by atoms with Gasteiger partial charge in [0, 0.05) is 17.1 Å². The number of carbonyl (C=O) groups excluding carboxylic acids is 2. The summed E-state index contributed by atoms with van der Waals surface area (Å²) in [4.78, 5) is 27.1. The van der Waals surface area contributed by atoms with E-state index in [-0.39, 0.29) is 23.0 Å². The highest BCUT2D eigenvalue weighted by Gasteiger charge is 2.35. The Bertz CT molecular complexity index is 1660. The second kappa shape index (κ2) is 10.1. The summed E-state index contributed by atoms with van der Waals surface area (Å²) in [5.41, 5.74) is 1.94. The van der Waals surface area contributed by atoms with Gasteiger partial charge in [-0.15, -0.1) is 0 Å². The van der Waals surface area contributed by atoms with Gasteiger partial charge in [-0.25, -0.2) is 12.4 Å². The zero-order chi connectivity index (χ0) is 26.2. The summed E-state index contributed by atoms with van der Waals surface area (Å²) >= 11 is 6.90. The number of rotatable bonds is 7. The Morgan fingerprint density at radius 3 is 2.43 bits per heavy atom. The van der Waals surface area contributed by atoms with Crippen molar-refractivity contribution >= 4 is 61.5 Å². The van der Waals surface area contributed by atoms with Crippen molar-refractivity contribution in [3.05, 3.63) is 100 Å². The molecule has 188 valence electrons. The van der Waals surface area contributed by atoms with E-state index >= 15 is 0 Å². The summed E-state index contributed by atoms with van der Waals surface area (Å²) in [6, 6.07) is 20.6. The van der Waals surface area contributed by atoms with E-state index in [0.29, 0.717) is 27.2 Å². The fraction of sp³-hybridized carbons (Fsp3) is 0.111. The molecule has 0 spiro atoms. The molecule has 1 aromatic heterocycles. The third kappa shape index (κ3) is 4.90. The first-order chi connectivity index (χ1) is 17.8. The quantitative estimate of drug-likeness (QED) is 0.263. The number of aromatic nitrogens is 1. The minimum atomic E-state index is -3.88. The monoisotopic (exact) mass is 552 g/mol. The van der Waals surface area contributed by atoms with Crippen LogP contribution in [-0.2, 0) is 14.8 Å². The van der Waals surface area contributed by atoms with Crippen molar-refractivity contribution in [2.45, 2.75) is 11.8 Å². The Morgan fingerprint density at radius 1 is 0.973 bits per heavy atom. The molecule has 0 unspecified atom stereocenters. The van der Waals surface area contributed by atoms with Gasteiger partial charge in [0.05, 0.1) is 26.9 Å². The Hall–Kier alpha value is -3.53. The lowest BCUT2D eigenvalue weighted by Crippen LogP contribution is -2.32. The van der Waals surface area contributed by atoms with E-state index in [0.717, 1.165) is 22.2 Å². The van der Waals surface area contributed by atoms with Crippen LogP contribution in [0.4, 0.5) is 4.79 Å². The van der Waals surface area contributed by atoms with Crippen molar-refractivity contribution in [1.29, 1.82) is 0 Å². The van der Waals surface area contributed by atoms with Crippen LogP contribution in [0.1, 0.15) is 11.1 Å². The molecule has 37 heavy (non-hydrogen) atoms. The van der Waals surface area contributed by atoms with E-state index in [4.69, 9.17) is 16.3 Å². The molecule has 4 aromatic rings. The lowest BCUT2D eigenvalue weighted by Gasteiger charge is -2.13. The van der Waals surface area contributed by atoms with Crippen LogP contribution in [-0.4, -0.2) is 41.6 Å². The molecule has 1 aliphatic heterocycles. The summed E-state index contributed by atoms with van der Waals surface area (Å²) in [7, 11) is -3.88. The second-order valence-electron chi connectivity index (χ2n) is 8.33. The van der Waals surface area contributed by atoms with Crippen molar-refractivity contribution in [2.24, 2.45) is 0 Å². The van der Waals surface area contributed by atoms with Gasteiger partial charge in [0.2, 0.25) is 0 Å². The summed E-state index contributed by atoms with van der Waals surface area (Å²) in [6.07, 6.45) is 3.04. The van der Waals surface area contributed by atoms with Gasteiger partial charge in [0.1, 0.15) is 12.4 Å². The number of nitrogens with zero attached hydrogens (tertiary/aromatic N) is 2. The highest BCUT2D eigenvalue weighted by molar-refractivity contribution is 8.18. The predicted octanol–water partition coefficient (Wildman–Crippen LogP) is 5.96. The summed E-state index contributed by atoms with van der Waals surface area (Å²) in [6.45, 7) is 2.02. The van der Waals surface area contributed by atoms with Gasteiger partial charge >= 0.3 is 0 Å². The van der Waals surface area contributed by atoms with Gasteiger partial charge in [-0.1, -0.05) is 59.6 Å². The topological polar surface area (TPSA) is 85.7 Å². The van der Waals surface area contributed by atoms with E-state index in [1.807, 2.05) is 6.92 Å². The Labute approximate surface area is 223 Å². The lowest BCUT2D eigenvalue weighted by atomic mass is 10.1. The molecule has 1 saturated heterocycles. The highest BCUT2D eigenvalue weighted by atomic mass is 35.5. The maximum Gasteiger partial charge on any atom is 0.293 e. The van der Waals surface area contributed by atoms with Crippen LogP contribution in [0.2, 0.25) is 5.02 Å². The number of hydrogen-bond donors (Lipinski definition) is 0. The van der Waals surface area contributed by atoms with Crippen molar-refractivity contribution in [3.63, 3.8) is 0 Å². The Morgan fingerprint density at radius 2 is 1.68 bits per heavy atom. The van der Waals surface area contributed by atoms with Gasteiger partial charge in [0.25, 0.3) is 21.2 Å². The number of carbonyl (C=O) groups is 2. The van der Waals surface area contributed by atoms with Crippen LogP contribution in [0.25, 0.3) is 17.0 Å². The van der Waals surface area contributed by atoms with Gasteiger partial charge in [-0.2, -0.15) is 0 Å². The molecular weight excluding hydrogens is 532 g/mol. The number of thioether (sulfide) groups is 1. The molecule has 0 bridgehead atoms. The van der Waals surface area contributed by atoms with Crippen LogP contribution >= 0.6 is 23.4 Å². The minimum Gasteiger partial charge on any atom is -0.490 e. The van der Waals surface area contributed by atoms with E-state index < -0.39 is 21.2 Å². The van der Waals surface area contributed by atoms with Gasteiger partial charge < -0.3 is 4.74 Å². The fourth-order valence-corrected chi connectivity index (χ4v) is 6.38. The standard InChI is InChI=1S/C27H21ClN2O5S2/c1-18-10-12-20(13-11-18)37(33,34)30-17-19(21-6-2-4-8-23(21)30)16-25-26(31)29(27(32)36-25)14-15-35-24-9-5-3-7-22(24)28/h2-13,16-17H,14-15H2,1H3/b25-16-. The molecule has 7 nitrogen and oxygen atoms in total. The van der Waals surface area contributed by atoms with Crippen LogP contribution in [0, 0.1) is 6.92 Å². The second-order valence-corrected chi connectivity index (χ2v) is 11.5. The van der Waals surface area contributed by atoms with Crippen molar-refractivity contribution < 1.29 is 22.7 Å². The first-order valence-corrected chi connectivity index (χ1v) is 13.9. The Balaban J connectivity index is 1.42. The van der Waals surface area contributed by atoms with Crippen LogP contribution in [0.3, 0.4) is 0 Å². The predicted molar refractivity (Wildman–Crippen MR) is 145 cm³/mol. The maximum absolute atomic E-state index is 13.4. The first kappa shape index (κ1) is 25.1. The minimum absolute atomic E-state index is 0.0524. The largest absolute Gasteiger partial charge is 0.490 e. The summed E-state index contributed by atoms with van der Waals surface area (Å²) < 4.78 is 33.7. The molecular formula is C27H21ClN2O5S2. The fourth-order valence-electron chi connectivity index (χ4n) is 3.96. The molecule has 0 atom stereocenters. The van der Waals surface area contributed by atoms with E-state index in [2.05, 4.69) is 0 Å². The van der Waals surface area contributed by atoms with E-state index in [9.17, 15) is 18.0 Å². The molecule has 5 rings (SSSR count). The average Bonchev–Trinajstić information content (AvgIpc) is 3.38. The van der Waals surface area contributed by atoms with Crippen molar-refractivity contribution in [2.75, 3.05) is 13.2 Å². The molecule has 1 aliphatic rings. The van der Waals surface area contributed by atoms with E-state index in [1.54, 1.807) is 78.9 Å². The number of para-hydroxylation sites is 2. The van der Waals surface area contributed by atoms with Gasteiger partial charge in [0.15, 0.2) is 0 Å². The molecule has 1 fully saturated rings. The number of benzene rings is 3. The summed E-state index contributed by atoms with van der Waals surface area (Å²) in [5.74, 6) is 0.00487. The maximum atomic E-state index is 13.4. The average molecular weight is 553 g/mol. The number of aryl methyl sites for hydroxylation is 1. The third-order valence-corrected chi connectivity index (χ3v) is 8.76. The summed E-state index contributed by atoms with van der Waals surface area (Å²) in [5, 5.41) is 0.663. The molecule has 10 heteroatoms. The molecule has 3 aromatic carbocycles. The SMILES string of the molecule is Cc1ccc(S(=O)(=O)n2cc(/C=C3\SC(=O)N(CCOc4ccccc4Cl)C3=O)c3ccccc32)cc1. The first-order valence-electron chi connectivity index (χ1n) is 11.3. The van der Waals surface area contributed by atoms with Crippen molar-refractivity contribution in [3.8, 4) is 5.75 Å². The third-order valence-electron chi connectivity index (χ3n) is 5.86. The number of hydrogen-bond acceptors (Lipinski definition) is 6. The zero-order valence-corrected chi connectivity index (χ0v) is 22.0. The molecule has 0 aliphatic carbocycles. The van der Waals surface area contributed by atoms with Crippen LogP contribution in [0.15, 0.2) is 88.8 Å².